The molecule has 1 unspecified atom stereocenters. The van der Waals surface area contributed by atoms with Crippen molar-refractivity contribution in [2.75, 3.05) is 26.8 Å². The average molecular weight is 232 g/mol. The Kier molecular flexibility index (Phi) is 7.93. The number of urea groups is 1. The summed E-state index contributed by atoms with van der Waals surface area (Å²) in [5, 5.41) is 15.2. The smallest absolute Gasteiger partial charge is 0.314 e. The summed E-state index contributed by atoms with van der Waals surface area (Å²) >= 11 is 0. The van der Waals surface area contributed by atoms with Gasteiger partial charge in [-0.25, -0.2) is 4.79 Å². The monoisotopic (exact) mass is 232 g/mol. The second kappa shape index (κ2) is 8.35. The summed E-state index contributed by atoms with van der Waals surface area (Å²) in [6, 6.07) is -0.230. The van der Waals surface area contributed by atoms with Crippen LogP contribution in [-0.2, 0) is 4.74 Å². The fraction of sp³-hybridized carbons (Fsp3) is 0.909. The van der Waals surface area contributed by atoms with E-state index in [1.165, 1.54) is 0 Å². The SMILES string of the molecule is CCCCNC(=O)NCC(C)(O)CCOC. The first-order valence-corrected chi connectivity index (χ1v) is 5.75. The third kappa shape index (κ3) is 8.49. The van der Waals surface area contributed by atoms with Gasteiger partial charge in [0.05, 0.1) is 5.60 Å². The third-order valence-corrected chi connectivity index (χ3v) is 2.29. The maximum atomic E-state index is 11.3. The van der Waals surface area contributed by atoms with Crippen LogP contribution in [0.3, 0.4) is 0 Å². The number of unbranched alkanes of at least 4 members (excludes halogenated alkanes) is 1. The van der Waals surface area contributed by atoms with E-state index in [0.29, 0.717) is 19.6 Å². The van der Waals surface area contributed by atoms with Crippen LogP contribution in [0.2, 0.25) is 0 Å². The van der Waals surface area contributed by atoms with Gasteiger partial charge in [0.2, 0.25) is 0 Å². The van der Waals surface area contributed by atoms with Crippen LogP contribution >= 0.6 is 0 Å². The quantitative estimate of drug-likeness (QED) is 0.544. The molecule has 0 aliphatic rings. The van der Waals surface area contributed by atoms with E-state index in [9.17, 15) is 9.90 Å². The second-order valence-corrected chi connectivity index (χ2v) is 4.20. The first-order chi connectivity index (χ1) is 7.52. The van der Waals surface area contributed by atoms with Gasteiger partial charge < -0.3 is 20.5 Å². The summed E-state index contributed by atoms with van der Waals surface area (Å²) in [5.41, 5.74) is -0.919. The standard InChI is InChI=1S/C11H24N2O3/c1-4-5-7-12-10(14)13-9-11(2,15)6-8-16-3/h15H,4-9H2,1-3H3,(H2,12,13,14). The van der Waals surface area contributed by atoms with Gasteiger partial charge in [0.15, 0.2) is 0 Å². The molecule has 96 valence electrons. The summed E-state index contributed by atoms with van der Waals surface area (Å²) in [5.74, 6) is 0. The summed E-state index contributed by atoms with van der Waals surface area (Å²) in [4.78, 5) is 11.3. The average Bonchev–Trinajstić information content (AvgIpc) is 2.24. The molecule has 0 rings (SSSR count). The van der Waals surface area contributed by atoms with Crippen LogP contribution in [0.4, 0.5) is 4.79 Å². The van der Waals surface area contributed by atoms with Crippen LogP contribution in [0.15, 0.2) is 0 Å². The molecule has 0 spiro atoms. The maximum Gasteiger partial charge on any atom is 0.314 e. The molecule has 0 fully saturated rings. The maximum absolute atomic E-state index is 11.3. The molecule has 3 N–H and O–H groups in total. The topological polar surface area (TPSA) is 70.6 Å². The minimum Gasteiger partial charge on any atom is -0.388 e. The van der Waals surface area contributed by atoms with Crippen molar-refractivity contribution >= 4 is 6.03 Å². The van der Waals surface area contributed by atoms with Gasteiger partial charge in [-0.1, -0.05) is 13.3 Å². The number of nitrogens with one attached hydrogen (secondary N) is 2. The molecular formula is C11H24N2O3. The van der Waals surface area contributed by atoms with Crippen LogP contribution in [0.5, 0.6) is 0 Å². The third-order valence-electron chi connectivity index (χ3n) is 2.29. The number of rotatable bonds is 8. The van der Waals surface area contributed by atoms with E-state index in [0.717, 1.165) is 12.8 Å². The minimum absolute atomic E-state index is 0.230. The Morgan fingerprint density at radius 3 is 2.69 bits per heavy atom. The fourth-order valence-electron chi connectivity index (χ4n) is 1.12. The van der Waals surface area contributed by atoms with Crippen molar-refractivity contribution in [1.29, 1.82) is 0 Å². The van der Waals surface area contributed by atoms with Gasteiger partial charge in [0.25, 0.3) is 0 Å². The highest BCUT2D eigenvalue weighted by Crippen LogP contribution is 2.07. The molecule has 0 heterocycles. The Morgan fingerprint density at radius 1 is 1.44 bits per heavy atom. The van der Waals surface area contributed by atoms with Gasteiger partial charge in [-0.15, -0.1) is 0 Å². The second-order valence-electron chi connectivity index (χ2n) is 4.20. The minimum atomic E-state index is -0.919. The highest BCUT2D eigenvalue weighted by Gasteiger charge is 2.20. The Morgan fingerprint density at radius 2 is 2.12 bits per heavy atom. The highest BCUT2D eigenvalue weighted by atomic mass is 16.5. The van der Waals surface area contributed by atoms with Gasteiger partial charge in [-0.2, -0.15) is 0 Å². The lowest BCUT2D eigenvalue weighted by Crippen LogP contribution is -2.45. The molecule has 0 aromatic carbocycles. The molecule has 2 amide bonds. The van der Waals surface area contributed by atoms with E-state index < -0.39 is 5.60 Å². The normalized spacial score (nSPS) is 14.2. The van der Waals surface area contributed by atoms with Crippen molar-refractivity contribution in [3.05, 3.63) is 0 Å². The Hall–Kier alpha value is -0.810. The van der Waals surface area contributed by atoms with Crippen molar-refractivity contribution < 1.29 is 14.6 Å². The number of amides is 2. The Balaban J connectivity index is 3.64. The molecule has 1 atom stereocenters. The van der Waals surface area contributed by atoms with Crippen LogP contribution < -0.4 is 10.6 Å². The van der Waals surface area contributed by atoms with Crippen molar-refractivity contribution in [2.24, 2.45) is 0 Å². The Bertz CT molecular complexity index is 196. The van der Waals surface area contributed by atoms with Gasteiger partial charge in [0, 0.05) is 33.2 Å². The van der Waals surface area contributed by atoms with E-state index in [-0.39, 0.29) is 12.6 Å². The summed E-state index contributed by atoms with van der Waals surface area (Å²) < 4.78 is 4.88. The van der Waals surface area contributed by atoms with Crippen molar-refractivity contribution in [2.45, 2.75) is 38.7 Å². The summed E-state index contributed by atoms with van der Waals surface area (Å²) in [7, 11) is 1.58. The molecular weight excluding hydrogens is 208 g/mol. The van der Waals surface area contributed by atoms with Crippen molar-refractivity contribution in [1.82, 2.24) is 10.6 Å². The summed E-state index contributed by atoms with van der Waals surface area (Å²) in [6.45, 7) is 5.12. The van der Waals surface area contributed by atoms with E-state index >= 15 is 0 Å². The van der Waals surface area contributed by atoms with Crippen molar-refractivity contribution in [3.8, 4) is 0 Å². The molecule has 0 saturated heterocycles. The molecule has 0 aliphatic carbocycles. The molecule has 0 aromatic rings. The number of aliphatic hydroxyl groups is 1. The van der Waals surface area contributed by atoms with Crippen LogP contribution in [0.1, 0.15) is 33.1 Å². The van der Waals surface area contributed by atoms with Gasteiger partial charge in [0.1, 0.15) is 0 Å². The number of methoxy groups -OCH3 is 1. The van der Waals surface area contributed by atoms with Crippen LogP contribution in [-0.4, -0.2) is 43.5 Å². The van der Waals surface area contributed by atoms with Gasteiger partial charge >= 0.3 is 6.03 Å². The number of hydrogen-bond donors (Lipinski definition) is 3. The lowest BCUT2D eigenvalue weighted by Gasteiger charge is -2.23. The molecule has 0 aromatic heterocycles. The molecule has 0 saturated carbocycles. The number of hydrogen-bond acceptors (Lipinski definition) is 3. The predicted octanol–water partition coefficient (Wildman–Crippen LogP) is 0.873. The zero-order valence-corrected chi connectivity index (χ0v) is 10.5. The molecule has 0 radical (unpaired) electrons. The number of carbonyl (C=O) groups is 1. The van der Waals surface area contributed by atoms with E-state index in [2.05, 4.69) is 17.6 Å². The molecule has 5 nitrogen and oxygen atoms in total. The lowest BCUT2D eigenvalue weighted by atomic mass is 10.0. The van der Waals surface area contributed by atoms with E-state index in [4.69, 9.17) is 4.74 Å². The van der Waals surface area contributed by atoms with Gasteiger partial charge in [-0.05, 0) is 13.3 Å². The van der Waals surface area contributed by atoms with Crippen molar-refractivity contribution in [3.63, 3.8) is 0 Å². The van der Waals surface area contributed by atoms with E-state index in [1.54, 1.807) is 14.0 Å². The zero-order chi connectivity index (χ0) is 12.4. The highest BCUT2D eigenvalue weighted by molar-refractivity contribution is 5.73. The number of carbonyl (C=O) groups excluding carboxylic acids is 1. The molecule has 16 heavy (non-hydrogen) atoms. The van der Waals surface area contributed by atoms with Gasteiger partial charge in [-0.3, -0.25) is 0 Å². The van der Waals surface area contributed by atoms with Crippen LogP contribution in [0.25, 0.3) is 0 Å². The fourth-order valence-corrected chi connectivity index (χ4v) is 1.12. The first-order valence-electron chi connectivity index (χ1n) is 5.75. The molecule has 0 bridgehead atoms. The largest absolute Gasteiger partial charge is 0.388 e. The number of ether oxygens (including phenoxy) is 1. The molecule has 0 aliphatic heterocycles. The lowest BCUT2D eigenvalue weighted by molar-refractivity contribution is 0.0270. The first kappa shape index (κ1) is 15.2. The van der Waals surface area contributed by atoms with E-state index in [1.807, 2.05) is 0 Å². The Labute approximate surface area is 97.6 Å². The summed E-state index contributed by atoms with van der Waals surface area (Å²) in [6.07, 6.45) is 2.51. The predicted molar refractivity (Wildman–Crippen MR) is 63.4 cm³/mol. The molecule has 5 heteroatoms. The van der Waals surface area contributed by atoms with Crippen LogP contribution in [0, 0.1) is 0 Å². The zero-order valence-electron chi connectivity index (χ0n) is 10.5.